The third-order valence-electron chi connectivity index (χ3n) is 2.64. The molecule has 0 saturated heterocycles. The molecule has 0 aliphatic carbocycles. The number of aryl methyl sites for hydroxylation is 1. The van der Waals surface area contributed by atoms with Crippen LogP contribution in [0.15, 0.2) is 42.5 Å². The van der Waals surface area contributed by atoms with Gasteiger partial charge in [0.2, 0.25) is 0 Å². The molecule has 0 radical (unpaired) electrons. The molecule has 0 spiro atoms. The smallest absolute Gasteiger partial charge is 0.122 e. The second-order valence-electron chi connectivity index (χ2n) is 4.20. The molecule has 19 heavy (non-hydrogen) atoms. The highest BCUT2D eigenvalue weighted by molar-refractivity contribution is 6.35. The van der Waals surface area contributed by atoms with Gasteiger partial charge in [0.1, 0.15) is 12.4 Å². The molecule has 0 saturated carbocycles. The van der Waals surface area contributed by atoms with E-state index in [1.807, 2.05) is 43.3 Å². The average molecular weight is 296 g/mol. The molecule has 0 fully saturated rings. The van der Waals surface area contributed by atoms with E-state index in [1.54, 1.807) is 6.07 Å². The van der Waals surface area contributed by atoms with Crippen molar-refractivity contribution in [2.75, 3.05) is 18.5 Å². The van der Waals surface area contributed by atoms with Gasteiger partial charge in [0.05, 0.1) is 0 Å². The van der Waals surface area contributed by atoms with Crippen LogP contribution in [0.25, 0.3) is 0 Å². The Morgan fingerprint density at radius 2 is 1.74 bits per heavy atom. The molecule has 1 N–H and O–H groups in total. The molecular weight excluding hydrogens is 281 g/mol. The van der Waals surface area contributed by atoms with Crippen molar-refractivity contribution in [1.82, 2.24) is 0 Å². The number of hydrogen-bond acceptors (Lipinski definition) is 2. The van der Waals surface area contributed by atoms with Crippen molar-refractivity contribution < 1.29 is 4.74 Å². The van der Waals surface area contributed by atoms with Crippen molar-refractivity contribution in [1.29, 1.82) is 0 Å². The Balaban J connectivity index is 1.82. The van der Waals surface area contributed by atoms with Crippen LogP contribution < -0.4 is 10.1 Å². The van der Waals surface area contributed by atoms with Crippen LogP contribution in [0, 0.1) is 6.92 Å². The van der Waals surface area contributed by atoms with Gasteiger partial charge in [-0.1, -0.05) is 41.4 Å². The van der Waals surface area contributed by atoms with Crippen LogP contribution in [-0.2, 0) is 0 Å². The van der Waals surface area contributed by atoms with Crippen molar-refractivity contribution in [2.24, 2.45) is 0 Å². The predicted molar refractivity (Wildman–Crippen MR) is 81.6 cm³/mol. The number of halogens is 2. The number of para-hydroxylation sites is 1. The highest BCUT2D eigenvalue weighted by atomic mass is 35.5. The molecule has 0 atom stereocenters. The maximum atomic E-state index is 5.92. The molecule has 0 aliphatic rings. The zero-order valence-electron chi connectivity index (χ0n) is 10.6. The number of benzene rings is 2. The molecule has 0 bridgehead atoms. The number of rotatable bonds is 5. The third kappa shape index (κ3) is 4.34. The average Bonchev–Trinajstić information content (AvgIpc) is 2.35. The fourth-order valence-electron chi connectivity index (χ4n) is 1.73. The van der Waals surface area contributed by atoms with Crippen molar-refractivity contribution in [3.8, 4) is 5.75 Å². The van der Waals surface area contributed by atoms with E-state index >= 15 is 0 Å². The summed E-state index contributed by atoms with van der Waals surface area (Å²) in [5.41, 5.74) is 2.03. The highest BCUT2D eigenvalue weighted by Crippen LogP contribution is 2.22. The Hall–Kier alpha value is -1.38. The minimum absolute atomic E-state index is 0.578. The van der Waals surface area contributed by atoms with E-state index < -0.39 is 0 Å². The summed E-state index contributed by atoms with van der Waals surface area (Å²) in [6.07, 6.45) is 0. The van der Waals surface area contributed by atoms with E-state index in [-0.39, 0.29) is 0 Å². The van der Waals surface area contributed by atoms with Crippen LogP contribution in [-0.4, -0.2) is 13.2 Å². The van der Waals surface area contributed by atoms with Crippen LogP contribution in [0.1, 0.15) is 5.56 Å². The standard InChI is InChI=1S/C15H15Cl2NO/c1-11-4-2-3-5-15(11)19-7-6-18-14-9-12(16)8-13(17)10-14/h2-5,8-10,18H,6-7H2,1H3. The Morgan fingerprint density at radius 1 is 1.05 bits per heavy atom. The largest absolute Gasteiger partial charge is 0.491 e. The van der Waals surface area contributed by atoms with Crippen molar-refractivity contribution in [3.63, 3.8) is 0 Å². The fourth-order valence-corrected chi connectivity index (χ4v) is 2.26. The molecule has 100 valence electrons. The van der Waals surface area contributed by atoms with E-state index in [0.717, 1.165) is 17.0 Å². The number of hydrogen-bond donors (Lipinski definition) is 1. The minimum atomic E-state index is 0.578. The normalized spacial score (nSPS) is 10.3. The Morgan fingerprint density at radius 3 is 2.42 bits per heavy atom. The molecular formula is C15H15Cl2NO. The van der Waals surface area contributed by atoms with Gasteiger partial charge in [0.15, 0.2) is 0 Å². The molecule has 2 nitrogen and oxygen atoms in total. The topological polar surface area (TPSA) is 21.3 Å². The Bertz CT molecular complexity index is 537. The van der Waals surface area contributed by atoms with Crippen LogP contribution >= 0.6 is 23.2 Å². The lowest BCUT2D eigenvalue weighted by molar-refractivity contribution is 0.330. The summed E-state index contributed by atoms with van der Waals surface area (Å²) in [4.78, 5) is 0. The lowest BCUT2D eigenvalue weighted by Gasteiger charge is -2.10. The molecule has 2 aromatic rings. The molecule has 0 heterocycles. The quantitative estimate of drug-likeness (QED) is 0.801. The first kappa shape index (κ1) is 14.0. The first-order chi connectivity index (χ1) is 9.15. The van der Waals surface area contributed by atoms with Gasteiger partial charge in [0.25, 0.3) is 0 Å². The molecule has 0 unspecified atom stereocenters. The summed E-state index contributed by atoms with van der Waals surface area (Å²) in [6, 6.07) is 13.3. The lowest BCUT2D eigenvalue weighted by atomic mass is 10.2. The zero-order valence-corrected chi connectivity index (χ0v) is 12.1. The molecule has 4 heteroatoms. The summed E-state index contributed by atoms with van der Waals surface area (Å²) >= 11 is 11.8. The SMILES string of the molecule is Cc1ccccc1OCCNc1cc(Cl)cc(Cl)c1. The van der Waals surface area contributed by atoms with E-state index in [1.165, 1.54) is 0 Å². The van der Waals surface area contributed by atoms with E-state index in [2.05, 4.69) is 5.32 Å². The molecule has 0 aliphatic heterocycles. The van der Waals surface area contributed by atoms with Crippen molar-refractivity contribution in [2.45, 2.75) is 6.92 Å². The summed E-state index contributed by atoms with van der Waals surface area (Å²) in [5.74, 6) is 0.911. The zero-order chi connectivity index (χ0) is 13.7. The summed E-state index contributed by atoms with van der Waals surface area (Å²) in [6.45, 7) is 3.29. The van der Waals surface area contributed by atoms with Gasteiger partial charge in [-0.05, 0) is 36.8 Å². The second-order valence-corrected chi connectivity index (χ2v) is 5.07. The van der Waals surface area contributed by atoms with Gasteiger partial charge in [-0.25, -0.2) is 0 Å². The van der Waals surface area contributed by atoms with Gasteiger partial charge in [-0.15, -0.1) is 0 Å². The first-order valence-corrected chi connectivity index (χ1v) is 6.79. The second kappa shape index (κ2) is 6.69. The fraction of sp³-hybridized carbons (Fsp3) is 0.200. The number of anilines is 1. The summed E-state index contributed by atoms with van der Waals surface area (Å²) in [5, 5.41) is 4.46. The number of ether oxygens (including phenoxy) is 1. The van der Waals surface area contributed by atoms with Gasteiger partial charge >= 0.3 is 0 Å². The molecule has 2 aromatic carbocycles. The van der Waals surface area contributed by atoms with Gasteiger partial charge in [-0.2, -0.15) is 0 Å². The molecule has 0 amide bonds. The first-order valence-electron chi connectivity index (χ1n) is 6.03. The molecule has 2 rings (SSSR count). The monoisotopic (exact) mass is 295 g/mol. The van der Waals surface area contributed by atoms with E-state index in [0.29, 0.717) is 23.2 Å². The molecule has 0 aromatic heterocycles. The van der Waals surface area contributed by atoms with Crippen molar-refractivity contribution >= 4 is 28.9 Å². The maximum Gasteiger partial charge on any atom is 0.122 e. The Kier molecular flexibility index (Phi) is 4.94. The third-order valence-corrected chi connectivity index (χ3v) is 3.08. The van der Waals surface area contributed by atoms with Crippen LogP contribution in [0.4, 0.5) is 5.69 Å². The maximum absolute atomic E-state index is 5.92. The van der Waals surface area contributed by atoms with Crippen LogP contribution in [0.2, 0.25) is 10.0 Å². The number of nitrogens with one attached hydrogen (secondary N) is 1. The predicted octanol–water partition coefficient (Wildman–Crippen LogP) is 4.79. The lowest BCUT2D eigenvalue weighted by Crippen LogP contribution is -2.11. The highest BCUT2D eigenvalue weighted by Gasteiger charge is 1.99. The Labute approximate surface area is 123 Å². The minimum Gasteiger partial charge on any atom is -0.491 e. The van der Waals surface area contributed by atoms with Crippen molar-refractivity contribution in [3.05, 3.63) is 58.1 Å². The van der Waals surface area contributed by atoms with Gasteiger partial charge < -0.3 is 10.1 Å². The van der Waals surface area contributed by atoms with Crippen LogP contribution in [0.5, 0.6) is 5.75 Å². The van der Waals surface area contributed by atoms with E-state index in [4.69, 9.17) is 27.9 Å². The summed E-state index contributed by atoms with van der Waals surface area (Å²) in [7, 11) is 0. The summed E-state index contributed by atoms with van der Waals surface area (Å²) < 4.78 is 5.69. The van der Waals surface area contributed by atoms with E-state index in [9.17, 15) is 0 Å². The van der Waals surface area contributed by atoms with Crippen LogP contribution in [0.3, 0.4) is 0 Å². The van der Waals surface area contributed by atoms with Gasteiger partial charge in [0, 0.05) is 22.3 Å². The van der Waals surface area contributed by atoms with Gasteiger partial charge in [-0.3, -0.25) is 0 Å².